The highest BCUT2D eigenvalue weighted by molar-refractivity contribution is 7.00. The van der Waals surface area contributed by atoms with Crippen LogP contribution in [0.1, 0.15) is 31.8 Å². The molecule has 0 saturated carbocycles. The van der Waals surface area contributed by atoms with Crippen molar-refractivity contribution < 1.29 is 19.1 Å². The number of anilines is 6. The van der Waals surface area contributed by atoms with E-state index < -0.39 is 18.7 Å². The van der Waals surface area contributed by atoms with Crippen molar-refractivity contribution >= 4 is 91.0 Å². The van der Waals surface area contributed by atoms with E-state index in [1.54, 1.807) is 0 Å². The van der Waals surface area contributed by atoms with Gasteiger partial charge in [-0.3, -0.25) is 0 Å². The van der Waals surface area contributed by atoms with Crippen LogP contribution in [-0.2, 0) is 22.7 Å². The fourth-order valence-electron chi connectivity index (χ4n) is 16.9. The summed E-state index contributed by atoms with van der Waals surface area (Å²) in [6, 6.07) is 139. The van der Waals surface area contributed by atoms with Gasteiger partial charge in [-0.2, -0.15) is 0 Å². The second-order valence-corrected chi connectivity index (χ2v) is 30.1. The van der Waals surface area contributed by atoms with Gasteiger partial charge in [-0.05, 0) is 164 Å². The van der Waals surface area contributed by atoms with Gasteiger partial charge in [0.25, 0.3) is 6.71 Å². The first kappa shape index (κ1) is 71.8. The van der Waals surface area contributed by atoms with E-state index in [1.807, 2.05) is 194 Å². The Kier molecular flexibility index (Phi) is 18.5. The summed E-state index contributed by atoms with van der Waals surface area (Å²) in [5.41, 5.74) is 26.1. The normalized spacial score (nSPS) is 11.9. The molecule has 0 spiro atoms. The van der Waals surface area contributed by atoms with Gasteiger partial charge in [0.2, 0.25) is 0 Å². The minimum Gasteiger partial charge on any atom is -0.457 e. The maximum atomic E-state index is 14.8. The van der Waals surface area contributed by atoms with Gasteiger partial charge in [0, 0.05) is 78.3 Å². The molecule has 0 amide bonds. The fraction of sp³-hybridized carbons (Fsp3) is 0.0187. The van der Waals surface area contributed by atoms with Crippen molar-refractivity contribution in [2.24, 2.45) is 0 Å². The number of nitrogens with zero attached hydrogens (tertiary/aromatic N) is 8. The molecule has 0 N–H and O–H groups in total. The van der Waals surface area contributed by atoms with Crippen LogP contribution < -0.4 is 26.2 Å². The molecule has 12 nitrogen and oxygen atoms in total. The maximum absolute atomic E-state index is 14.8. The van der Waals surface area contributed by atoms with E-state index in [1.165, 1.54) is 0 Å². The van der Waals surface area contributed by atoms with Crippen molar-refractivity contribution in [2.75, 3.05) is 9.80 Å². The molecule has 0 radical (unpaired) electrons. The van der Waals surface area contributed by atoms with E-state index in [0.29, 0.717) is 34.4 Å². The van der Waals surface area contributed by atoms with E-state index in [-0.39, 0.29) is 13.2 Å². The zero-order chi connectivity index (χ0) is 80.0. The van der Waals surface area contributed by atoms with Crippen LogP contribution in [0.2, 0.25) is 0 Å². The van der Waals surface area contributed by atoms with Gasteiger partial charge < -0.3 is 23.8 Å². The zero-order valence-corrected chi connectivity index (χ0v) is 64.9. The highest BCUT2D eigenvalue weighted by Crippen LogP contribution is 2.49. The van der Waals surface area contributed by atoms with E-state index in [4.69, 9.17) is 34.4 Å². The highest BCUT2D eigenvalue weighted by atomic mass is 16.5. The maximum Gasteiger partial charge on any atom is 0.338 e. The summed E-state index contributed by atoms with van der Waals surface area (Å²) in [5, 5.41) is 2.04. The summed E-state index contributed by atoms with van der Waals surface area (Å²) in [6.45, 7) is -0.369. The van der Waals surface area contributed by atoms with Crippen molar-refractivity contribution in [1.29, 1.82) is 0 Å². The van der Waals surface area contributed by atoms with E-state index in [0.717, 1.165) is 167 Å². The predicted molar refractivity (Wildman–Crippen MR) is 484 cm³/mol. The topological polar surface area (TPSA) is 128 Å². The number of ether oxygens (including phenoxy) is 2. The molecule has 3 aromatic heterocycles. The molecule has 19 aromatic rings. The van der Waals surface area contributed by atoms with Crippen molar-refractivity contribution in [3.8, 4) is 107 Å². The van der Waals surface area contributed by atoms with Gasteiger partial charge in [-0.15, -0.1) is 0 Å². The smallest absolute Gasteiger partial charge is 0.338 e. The van der Waals surface area contributed by atoms with Crippen molar-refractivity contribution in [3.05, 3.63) is 429 Å². The van der Waals surface area contributed by atoms with Gasteiger partial charge in [-0.1, -0.05) is 303 Å². The molecule has 0 atom stereocenters. The molecule has 2 aliphatic rings. The van der Waals surface area contributed by atoms with Crippen LogP contribution in [0.3, 0.4) is 0 Å². The van der Waals surface area contributed by atoms with Crippen LogP contribution in [0.4, 0.5) is 34.1 Å². The molecule has 0 saturated heterocycles. The lowest BCUT2D eigenvalue weighted by Gasteiger charge is -2.44. The lowest BCUT2D eigenvalue weighted by Crippen LogP contribution is -2.61. The van der Waals surface area contributed by atoms with Crippen LogP contribution in [0, 0.1) is 0 Å². The number of fused-ring (bicyclic) bond motifs is 7. The Bertz CT molecular complexity index is 6780. The summed E-state index contributed by atoms with van der Waals surface area (Å²) in [6.07, 6.45) is 0. The fourth-order valence-corrected chi connectivity index (χ4v) is 16.9. The Labute approximate surface area is 694 Å². The van der Waals surface area contributed by atoms with Gasteiger partial charge in [0.15, 0.2) is 23.3 Å². The molecular formula is C107H71BN8O4. The molecule has 120 heavy (non-hydrogen) atoms. The number of carbonyl (C=O) groups excluding carboxylic acids is 2. The zero-order valence-electron chi connectivity index (χ0n) is 64.9. The Balaban J connectivity index is 0.788. The quantitative estimate of drug-likeness (QED) is 0.0601. The van der Waals surface area contributed by atoms with Crippen LogP contribution in [0.25, 0.3) is 129 Å². The molecule has 0 bridgehead atoms. The number of benzene rings is 16. The first-order valence-corrected chi connectivity index (χ1v) is 40.2. The molecular weight excluding hydrogens is 1470 g/mol. The van der Waals surface area contributed by atoms with Gasteiger partial charge in [-0.25, -0.2) is 34.5 Å². The number of aromatic nitrogens is 6. The first-order chi connectivity index (χ1) is 59.3. The molecule has 2 aliphatic heterocycles. The van der Waals surface area contributed by atoms with E-state index >= 15 is 0 Å². The highest BCUT2D eigenvalue weighted by Gasteiger charge is 2.45. The van der Waals surface area contributed by atoms with E-state index in [2.05, 4.69) is 227 Å². The largest absolute Gasteiger partial charge is 0.457 e. The number of rotatable bonds is 18. The van der Waals surface area contributed by atoms with Crippen molar-refractivity contribution in [2.45, 2.75) is 13.2 Å². The molecule has 21 rings (SSSR count). The molecule has 13 heteroatoms. The first-order valence-electron chi connectivity index (χ1n) is 40.2. The lowest BCUT2D eigenvalue weighted by atomic mass is 9.33. The number of esters is 2. The van der Waals surface area contributed by atoms with Crippen LogP contribution in [-0.4, -0.2) is 48.1 Å². The van der Waals surface area contributed by atoms with Gasteiger partial charge in [0.1, 0.15) is 13.2 Å². The number of para-hydroxylation sites is 1. The summed E-state index contributed by atoms with van der Waals surface area (Å²) in [5.74, 6) is 1.13. The Morgan fingerprint density at radius 3 is 1.12 bits per heavy atom. The number of hydrogen-bond donors (Lipinski definition) is 0. The SMILES string of the molecule is O=C(OCc1ccccc1)c1ccc2c(c1)B1c3cc(C(=O)OCc4ccccc4)ccc3N(c3ccc(-c4ccccc4)cc3)c3cc(-c4ccc5c(c4)c4ccccc4n5-c4ccc(-c5nc(-c6ccccc6)cc(-c6ccccc6)n5)cc4-c4nc(-c5ccccc5)nc(-c5ccccc5)n4)cc(c31)N2c1ccc(-c2ccccc2)cc1. The van der Waals surface area contributed by atoms with Gasteiger partial charge in [0.05, 0.1) is 39.2 Å². The molecule has 0 unspecified atom stereocenters. The molecule has 0 fully saturated rings. The molecule has 16 aromatic carbocycles. The number of hydrogen-bond acceptors (Lipinski definition) is 11. The average molecular weight is 1540 g/mol. The number of carbonyl (C=O) groups is 2. The van der Waals surface area contributed by atoms with Crippen molar-refractivity contribution in [1.82, 2.24) is 29.5 Å². The average Bonchev–Trinajstić information content (AvgIpc) is 0.766. The Morgan fingerprint density at radius 1 is 0.267 bits per heavy atom. The standard InChI is InChI=1S/C107H71BN8O4/c117-106(119-68-70-27-9-1-10-28-70)82-51-59-97-90(63-82)108-91-64-83(107(118)120-69-71-29-11-2-12-30-71)52-60-98(91)115(86-55-47-75(48-56-86)73-33-15-4-16-34-73)100-66-84(65-99(101(100)108)114(97)85-53-45-74(46-54-85)72-31-13-3-14-32-72)80-49-57-95-88(61-80)87-43-25-26-44-94(87)116(95)96-58-50-81(104-109-92(76-35-17-5-18-36-76)67-93(110-104)77-37-19-6-20-38-77)62-89(96)105-112-102(78-39-21-7-22-40-78)111-103(113-105)79-41-23-8-24-42-79/h1-67H,68-69H2. The minimum absolute atomic E-state index is 0.0930. The third-order valence-electron chi connectivity index (χ3n) is 22.7. The van der Waals surface area contributed by atoms with E-state index in [9.17, 15) is 9.59 Å². The van der Waals surface area contributed by atoms with Crippen LogP contribution in [0.15, 0.2) is 406 Å². The van der Waals surface area contributed by atoms with Crippen molar-refractivity contribution in [3.63, 3.8) is 0 Å². The Morgan fingerprint density at radius 2 is 0.642 bits per heavy atom. The Hall–Kier alpha value is -16.0. The summed E-state index contributed by atoms with van der Waals surface area (Å²) in [7, 11) is 0. The third-order valence-corrected chi connectivity index (χ3v) is 22.7. The lowest BCUT2D eigenvalue weighted by molar-refractivity contribution is 0.0464. The second-order valence-electron chi connectivity index (χ2n) is 30.1. The summed E-state index contributed by atoms with van der Waals surface area (Å²) in [4.78, 5) is 61.2. The molecule has 0 aliphatic carbocycles. The molecule has 5 heterocycles. The monoisotopic (exact) mass is 1540 g/mol. The molecule has 566 valence electrons. The summed E-state index contributed by atoms with van der Waals surface area (Å²) < 4.78 is 14.7. The predicted octanol–water partition coefficient (Wildman–Crippen LogP) is 23.6. The van der Waals surface area contributed by atoms with Crippen LogP contribution >= 0.6 is 0 Å². The van der Waals surface area contributed by atoms with Gasteiger partial charge >= 0.3 is 11.9 Å². The third kappa shape index (κ3) is 13.6. The minimum atomic E-state index is -0.555. The van der Waals surface area contributed by atoms with Crippen LogP contribution in [0.5, 0.6) is 0 Å². The summed E-state index contributed by atoms with van der Waals surface area (Å²) >= 11 is 0. The second kappa shape index (κ2) is 31.0.